The molecule has 0 amide bonds. The van der Waals surface area contributed by atoms with Crippen LogP contribution in [0.15, 0.2) is 36.4 Å². The van der Waals surface area contributed by atoms with Crippen molar-refractivity contribution >= 4 is 11.5 Å². The summed E-state index contributed by atoms with van der Waals surface area (Å²) in [6, 6.07) is 12.1. The van der Waals surface area contributed by atoms with Gasteiger partial charge in [0.25, 0.3) is 0 Å². The third-order valence-electron chi connectivity index (χ3n) is 3.41. The van der Waals surface area contributed by atoms with Gasteiger partial charge in [0, 0.05) is 23.4 Å². The van der Waals surface area contributed by atoms with E-state index >= 15 is 0 Å². The highest BCUT2D eigenvalue weighted by molar-refractivity contribution is 5.68. The van der Waals surface area contributed by atoms with E-state index in [0.717, 1.165) is 34.8 Å². The maximum atomic E-state index is 5.58. The molecule has 3 aromatic rings. The summed E-state index contributed by atoms with van der Waals surface area (Å²) in [7, 11) is 0. The molecule has 3 rings (SSSR count). The van der Waals surface area contributed by atoms with Crippen molar-refractivity contribution in [2.45, 2.75) is 20.3 Å². The van der Waals surface area contributed by atoms with Crippen LogP contribution in [-0.4, -0.2) is 14.6 Å². The Kier molecular flexibility index (Phi) is 3.12. The Hall–Kier alpha value is -2.40. The summed E-state index contributed by atoms with van der Waals surface area (Å²) in [5, 5.41) is 4.60. The van der Waals surface area contributed by atoms with Crippen molar-refractivity contribution in [3.8, 4) is 11.3 Å². The average molecular weight is 267 g/mol. The smallest absolute Gasteiger partial charge is 0.158 e. The number of nitrogen functional groups attached to an aromatic ring is 1. The number of rotatable bonds is 3. The number of benzene rings is 1. The summed E-state index contributed by atoms with van der Waals surface area (Å²) in [4.78, 5) is 4.58. The fourth-order valence-corrected chi connectivity index (χ4v) is 2.30. The summed E-state index contributed by atoms with van der Waals surface area (Å²) in [5.41, 5.74) is 7.68. The monoisotopic (exact) mass is 267 g/mol. The minimum absolute atomic E-state index is 0.742. The molecule has 0 fully saturated rings. The van der Waals surface area contributed by atoms with Crippen molar-refractivity contribution in [2.24, 2.45) is 5.84 Å². The average Bonchev–Trinajstić information content (AvgIpc) is 2.90. The third kappa shape index (κ3) is 2.02. The minimum atomic E-state index is 0.742. The van der Waals surface area contributed by atoms with Crippen LogP contribution in [0.2, 0.25) is 0 Å². The normalized spacial score (nSPS) is 10.9. The number of nitrogens with one attached hydrogen (secondary N) is 1. The molecule has 0 unspecified atom stereocenters. The summed E-state index contributed by atoms with van der Waals surface area (Å²) < 4.78 is 1.74. The van der Waals surface area contributed by atoms with Gasteiger partial charge >= 0.3 is 0 Å². The summed E-state index contributed by atoms with van der Waals surface area (Å²) >= 11 is 0. The molecule has 0 spiro atoms. The molecule has 0 saturated carbocycles. The first-order chi connectivity index (χ1) is 9.72. The molecule has 5 heteroatoms. The molecule has 0 atom stereocenters. The second-order valence-corrected chi connectivity index (χ2v) is 4.75. The van der Waals surface area contributed by atoms with Crippen LogP contribution in [0.3, 0.4) is 0 Å². The van der Waals surface area contributed by atoms with Gasteiger partial charge in [0.05, 0.1) is 5.69 Å². The maximum Gasteiger partial charge on any atom is 0.158 e. The summed E-state index contributed by atoms with van der Waals surface area (Å²) in [6.07, 6.45) is 0.857. The van der Waals surface area contributed by atoms with Gasteiger partial charge in [-0.05, 0) is 18.9 Å². The van der Waals surface area contributed by atoms with Crippen LogP contribution >= 0.6 is 0 Å². The molecular weight excluding hydrogens is 250 g/mol. The van der Waals surface area contributed by atoms with Crippen molar-refractivity contribution in [3.63, 3.8) is 0 Å². The zero-order chi connectivity index (χ0) is 14.1. The van der Waals surface area contributed by atoms with Gasteiger partial charge in [-0.3, -0.25) is 0 Å². The van der Waals surface area contributed by atoms with Gasteiger partial charge in [-0.25, -0.2) is 10.8 Å². The van der Waals surface area contributed by atoms with E-state index in [9.17, 15) is 0 Å². The Morgan fingerprint density at radius 2 is 2.05 bits per heavy atom. The highest BCUT2D eigenvalue weighted by atomic mass is 15.4. The summed E-state index contributed by atoms with van der Waals surface area (Å²) in [6.45, 7) is 4.14. The second kappa shape index (κ2) is 4.94. The molecule has 0 aliphatic rings. The van der Waals surface area contributed by atoms with Gasteiger partial charge in [-0.2, -0.15) is 9.61 Å². The lowest BCUT2D eigenvalue weighted by Crippen LogP contribution is -2.12. The molecule has 0 bridgehead atoms. The lowest BCUT2D eigenvalue weighted by molar-refractivity contribution is 0.913. The molecule has 0 saturated heterocycles. The van der Waals surface area contributed by atoms with E-state index in [4.69, 9.17) is 5.84 Å². The quantitative estimate of drug-likeness (QED) is 0.565. The molecule has 3 N–H and O–H groups in total. The first-order valence-electron chi connectivity index (χ1n) is 6.65. The Bertz CT molecular complexity index is 760. The van der Waals surface area contributed by atoms with E-state index in [1.807, 2.05) is 24.3 Å². The molecule has 20 heavy (non-hydrogen) atoms. The first kappa shape index (κ1) is 12.6. The fraction of sp³-hybridized carbons (Fsp3) is 0.200. The van der Waals surface area contributed by atoms with E-state index in [2.05, 4.69) is 41.5 Å². The van der Waals surface area contributed by atoms with Crippen LogP contribution in [0, 0.1) is 6.92 Å². The predicted octanol–water partition coefficient (Wildman–Crippen LogP) is 2.55. The van der Waals surface area contributed by atoms with Crippen LogP contribution in [-0.2, 0) is 6.42 Å². The zero-order valence-corrected chi connectivity index (χ0v) is 11.6. The number of fused-ring (bicyclic) bond motifs is 1. The molecule has 102 valence electrons. The van der Waals surface area contributed by atoms with E-state index in [1.54, 1.807) is 4.52 Å². The standard InChI is InChI=1S/C15H17N5/c1-3-11-8-15(18-16)20-14(17-11)9-13(19-20)12-7-5-4-6-10(12)2/h4-9,18H,3,16H2,1-2H3. The first-order valence-corrected chi connectivity index (χ1v) is 6.65. The number of hydrogen-bond donors (Lipinski definition) is 2. The van der Waals surface area contributed by atoms with Gasteiger partial charge in [0.1, 0.15) is 5.82 Å². The summed E-state index contributed by atoms with van der Waals surface area (Å²) in [5.74, 6) is 6.32. The largest absolute Gasteiger partial charge is 0.308 e. The number of aryl methyl sites for hydroxylation is 2. The Balaban J connectivity index is 2.22. The second-order valence-electron chi connectivity index (χ2n) is 4.75. The minimum Gasteiger partial charge on any atom is -0.308 e. The molecule has 5 nitrogen and oxygen atoms in total. The van der Waals surface area contributed by atoms with Crippen molar-refractivity contribution in [2.75, 3.05) is 5.43 Å². The van der Waals surface area contributed by atoms with E-state index in [1.165, 1.54) is 5.56 Å². The topological polar surface area (TPSA) is 68.2 Å². The highest BCUT2D eigenvalue weighted by Crippen LogP contribution is 2.24. The number of anilines is 1. The molecule has 2 aromatic heterocycles. The van der Waals surface area contributed by atoms with Gasteiger partial charge < -0.3 is 5.43 Å². The Labute approximate surface area is 117 Å². The molecule has 1 aromatic carbocycles. The highest BCUT2D eigenvalue weighted by Gasteiger charge is 2.11. The van der Waals surface area contributed by atoms with Gasteiger partial charge in [-0.15, -0.1) is 0 Å². The van der Waals surface area contributed by atoms with Gasteiger partial charge in [-0.1, -0.05) is 31.2 Å². The number of hydrazine groups is 1. The fourth-order valence-electron chi connectivity index (χ4n) is 2.30. The molecule has 0 aliphatic heterocycles. The van der Waals surface area contributed by atoms with Crippen molar-refractivity contribution in [3.05, 3.63) is 47.7 Å². The maximum absolute atomic E-state index is 5.58. The zero-order valence-electron chi connectivity index (χ0n) is 11.6. The number of nitrogens with two attached hydrogens (primary N) is 1. The predicted molar refractivity (Wildman–Crippen MR) is 80.3 cm³/mol. The van der Waals surface area contributed by atoms with Crippen LogP contribution < -0.4 is 11.3 Å². The van der Waals surface area contributed by atoms with Crippen molar-refractivity contribution < 1.29 is 0 Å². The van der Waals surface area contributed by atoms with Crippen LogP contribution in [0.5, 0.6) is 0 Å². The van der Waals surface area contributed by atoms with Crippen molar-refractivity contribution in [1.82, 2.24) is 14.6 Å². The lowest BCUT2D eigenvalue weighted by atomic mass is 10.1. The molecule has 0 radical (unpaired) electrons. The third-order valence-corrected chi connectivity index (χ3v) is 3.41. The van der Waals surface area contributed by atoms with E-state index in [0.29, 0.717) is 0 Å². The van der Waals surface area contributed by atoms with Crippen molar-refractivity contribution in [1.29, 1.82) is 0 Å². The lowest BCUT2D eigenvalue weighted by Gasteiger charge is -2.05. The Morgan fingerprint density at radius 3 is 2.75 bits per heavy atom. The van der Waals surface area contributed by atoms with Crippen LogP contribution in [0.25, 0.3) is 16.9 Å². The van der Waals surface area contributed by atoms with Gasteiger partial charge in [0.15, 0.2) is 5.65 Å². The number of aromatic nitrogens is 3. The van der Waals surface area contributed by atoms with E-state index < -0.39 is 0 Å². The SMILES string of the molecule is CCc1cc(NN)n2nc(-c3ccccc3C)cc2n1. The van der Waals surface area contributed by atoms with Gasteiger partial charge in [0.2, 0.25) is 0 Å². The number of hydrogen-bond acceptors (Lipinski definition) is 4. The molecular formula is C15H17N5. The van der Waals surface area contributed by atoms with Crippen LogP contribution in [0.1, 0.15) is 18.2 Å². The molecule has 0 aliphatic carbocycles. The Morgan fingerprint density at radius 1 is 1.25 bits per heavy atom. The number of nitrogens with zero attached hydrogens (tertiary/aromatic N) is 3. The van der Waals surface area contributed by atoms with E-state index in [-0.39, 0.29) is 0 Å². The van der Waals surface area contributed by atoms with Crippen LogP contribution in [0.4, 0.5) is 5.82 Å². The molecule has 2 heterocycles.